The van der Waals surface area contributed by atoms with Crippen molar-refractivity contribution < 1.29 is 9.59 Å². The first kappa shape index (κ1) is 20.5. The molecular formula is C24H30N4O2. The zero-order valence-corrected chi connectivity index (χ0v) is 17.3. The average molecular weight is 407 g/mol. The first-order valence-electron chi connectivity index (χ1n) is 11.0. The lowest BCUT2D eigenvalue weighted by molar-refractivity contribution is -0.134. The van der Waals surface area contributed by atoms with Crippen molar-refractivity contribution in [3.8, 4) is 0 Å². The Labute approximate surface area is 178 Å². The summed E-state index contributed by atoms with van der Waals surface area (Å²) in [4.78, 5) is 32.2. The highest BCUT2D eigenvalue weighted by molar-refractivity contribution is 6.07. The highest BCUT2D eigenvalue weighted by atomic mass is 16.2. The maximum atomic E-state index is 13.6. The molecule has 2 saturated heterocycles. The van der Waals surface area contributed by atoms with Crippen LogP contribution in [0.3, 0.4) is 0 Å². The molecular weight excluding hydrogens is 376 g/mol. The van der Waals surface area contributed by atoms with E-state index >= 15 is 0 Å². The van der Waals surface area contributed by atoms with Crippen LogP contribution in [-0.2, 0) is 17.6 Å². The minimum Gasteiger partial charge on any atom is -0.323 e. The summed E-state index contributed by atoms with van der Waals surface area (Å²) in [6.07, 6.45) is 6.59. The quantitative estimate of drug-likeness (QED) is 0.661. The van der Waals surface area contributed by atoms with Crippen molar-refractivity contribution in [1.29, 1.82) is 0 Å². The van der Waals surface area contributed by atoms with Gasteiger partial charge < -0.3 is 10.6 Å². The van der Waals surface area contributed by atoms with Crippen molar-refractivity contribution in [2.45, 2.75) is 44.1 Å². The second-order valence-corrected chi connectivity index (χ2v) is 8.29. The molecule has 2 aliphatic rings. The Morgan fingerprint density at radius 1 is 1.00 bits per heavy atom. The van der Waals surface area contributed by atoms with Crippen molar-refractivity contribution in [3.63, 3.8) is 0 Å². The molecule has 30 heavy (non-hydrogen) atoms. The van der Waals surface area contributed by atoms with Gasteiger partial charge in [-0.1, -0.05) is 36.4 Å². The van der Waals surface area contributed by atoms with Crippen LogP contribution in [0.4, 0.5) is 4.79 Å². The summed E-state index contributed by atoms with van der Waals surface area (Å²) in [5.74, 6) is 0.120. The van der Waals surface area contributed by atoms with Gasteiger partial charge in [-0.05, 0) is 68.8 Å². The number of benzene rings is 1. The number of amides is 3. The van der Waals surface area contributed by atoms with Crippen molar-refractivity contribution in [1.82, 2.24) is 20.5 Å². The third-order valence-electron chi connectivity index (χ3n) is 6.44. The zero-order chi connectivity index (χ0) is 20.8. The van der Waals surface area contributed by atoms with E-state index in [-0.39, 0.29) is 17.9 Å². The molecule has 0 radical (unpaired) electrons. The Morgan fingerprint density at radius 2 is 1.77 bits per heavy atom. The van der Waals surface area contributed by atoms with Gasteiger partial charge in [0.15, 0.2) is 0 Å². The number of urea groups is 1. The molecule has 2 aliphatic heterocycles. The SMILES string of the molecule is O=C1N[C@](CCCc2ccccc2)(C2CCNCC2)C(=O)N1CCc1ccccn1. The lowest BCUT2D eigenvalue weighted by atomic mass is 9.74. The van der Waals surface area contributed by atoms with E-state index in [9.17, 15) is 9.59 Å². The highest BCUT2D eigenvalue weighted by Gasteiger charge is 2.54. The average Bonchev–Trinajstić information content (AvgIpc) is 3.04. The number of nitrogens with zero attached hydrogens (tertiary/aromatic N) is 2. The molecule has 3 heterocycles. The van der Waals surface area contributed by atoms with E-state index in [1.807, 2.05) is 36.4 Å². The van der Waals surface area contributed by atoms with Gasteiger partial charge in [0.25, 0.3) is 5.91 Å². The second kappa shape index (κ2) is 9.39. The van der Waals surface area contributed by atoms with Gasteiger partial charge >= 0.3 is 6.03 Å². The number of nitrogens with one attached hydrogen (secondary N) is 2. The molecule has 6 nitrogen and oxygen atoms in total. The molecule has 1 aromatic carbocycles. The van der Waals surface area contributed by atoms with E-state index < -0.39 is 5.54 Å². The van der Waals surface area contributed by atoms with Crippen molar-refractivity contribution in [2.24, 2.45) is 5.92 Å². The van der Waals surface area contributed by atoms with Gasteiger partial charge in [-0.3, -0.25) is 14.7 Å². The number of aryl methyl sites for hydroxylation is 1. The Balaban J connectivity index is 1.48. The normalized spacial score (nSPS) is 22.3. The Bertz CT molecular complexity index is 852. The first-order chi connectivity index (χ1) is 14.7. The predicted octanol–water partition coefficient (Wildman–Crippen LogP) is 2.94. The van der Waals surface area contributed by atoms with Gasteiger partial charge in [0.05, 0.1) is 0 Å². The second-order valence-electron chi connectivity index (χ2n) is 8.29. The minimum atomic E-state index is -0.780. The Morgan fingerprint density at radius 3 is 2.50 bits per heavy atom. The third-order valence-corrected chi connectivity index (χ3v) is 6.44. The number of hydrogen-bond acceptors (Lipinski definition) is 4. The lowest BCUT2D eigenvalue weighted by Gasteiger charge is -2.38. The number of pyridine rings is 1. The van der Waals surface area contributed by atoms with Gasteiger partial charge in [0, 0.05) is 24.9 Å². The number of carbonyl (C=O) groups is 2. The summed E-state index contributed by atoms with van der Waals surface area (Å²) < 4.78 is 0. The van der Waals surface area contributed by atoms with Crippen LogP contribution >= 0.6 is 0 Å². The smallest absolute Gasteiger partial charge is 0.323 e. The number of piperidine rings is 1. The first-order valence-corrected chi connectivity index (χ1v) is 11.0. The molecule has 1 atom stereocenters. The zero-order valence-electron chi connectivity index (χ0n) is 17.3. The van der Waals surface area contributed by atoms with Gasteiger partial charge in [-0.2, -0.15) is 0 Å². The summed E-state index contributed by atoms with van der Waals surface area (Å²) >= 11 is 0. The molecule has 2 N–H and O–H groups in total. The van der Waals surface area contributed by atoms with E-state index in [4.69, 9.17) is 0 Å². The number of aromatic nitrogens is 1. The van der Waals surface area contributed by atoms with E-state index in [2.05, 4.69) is 27.8 Å². The van der Waals surface area contributed by atoms with Crippen LogP contribution in [0.5, 0.6) is 0 Å². The van der Waals surface area contributed by atoms with E-state index in [0.717, 1.165) is 44.5 Å². The summed E-state index contributed by atoms with van der Waals surface area (Å²) in [5, 5.41) is 6.52. The molecule has 3 amide bonds. The molecule has 0 bridgehead atoms. The maximum absolute atomic E-state index is 13.6. The fraction of sp³-hybridized carbons (Fsp3) is 0.458. The van der Waals surface area contributed by atoms with Crippen LogP contribution < -0.4 is 10.6 Å². The molecule has 0 aliphatic carbocycles. The van der Waals surface area contributed by atoms with Gasteiger partial charge in [-0.25, -0.2) is 4.79 Å². The monoisotopic (exact) mass is 406 g/mol. The lowest BCUT2D eigenvalue weighted by Crippen LogP contribution is -2.55. The number of rotatable bonds is 8. The molecule has 1 aromatic heterocycles. The number of carbonyl (C=O) groups excluding carboxylic acids is 2. The molecule has 6 heteroatoms. The summed E-state index contributed by atoms with van der Waals surface area (Å²) in [6, 6.07) is 15.8. The molecule has 2 aromatic rings. The van der Waals surface area contributed by atoms with Crippen molar-refractivity contribution >= 4 is 11.9 Å². The largest absolute Gasteiger partial charge is 0.325 e. The molecule has 0 saturated carbocycles. The molecule has 0 spiro atoms. The predicted molar refractivity (Wildman–Crippen MR) is 116 cm³/mol. The van der Waals surface area contributed by atoms with Crippen LogP contribution in [0.1, 0.15) is 36.9 Å². The van der Waals surface area contributed by atoms with E-state index in [1.54, 1.807) is 6.20 Å². The van der Waals surface area contributed by atoms with Crippen LogP contribution in [0.25, 0.3) is 0 Å². The standard InChI is InChI=1S/C24H30N4O2/c29-22-24(20-11-16-25-17-12-20,14-6-9-19-7-2-1-3-8-19)27-23(30)28(22)18-13-21-10-4-5-15-26-21/h1-5,7-8,10,15,20,25H,6,9,11-14,16-18H2,(H,27,30)/t24-/m1/s1. The third kappa shape index (κ3) is 4.38. The van der Waals surface area contributed by atoms with Gasteiger partial charge in [-0.15, -0.1) is 0 Å². The van der Waals surface area contributed by atoms with Gasteiger partial charge in [0.1, 0.15) is 5.54 Å². The fourth-order valence-electron chi connectivity index (χ4n) is 4.80. The highest BCUT2D eigenvalue weighted by Crippen LogP contribution is 2.36. The molecule has 158 valence electrons. The van der Waals surface area contributed by atoms with Crippen LogP contribution in [0, 0.1) is 5.92 Å². The Hall–Kier alpha value is -2.73. The van der Waals surface area contributed by atoms with Crippen LogP contribution in [0.2, 0.25) is 0 Å². The summed E-state index contributed by atoms with van der Waals surface area (Å²) in [7, 11) is 0. The topological polar surface area (TPSA) is 74.3 Å². The number of hydrogen-bond donors (Lipinski definition) is 2. The van der Waals surface area contributed by atoms with Crippen molar-refractivity contribution in [2.75, 3.05) is 19.6 Å². The molecule has 0 unspecified atom stereocenters. The van der Waals surface area contributed by atoms with E-state index in [1.165, 1.54) is 10.5 Å². The van der Waals surface area contributed by atoms with Crippen LogP contribution in [-0.4, -0.2) is 47.0 Å². The minimum absolute atomic E-state index is 0.0524. The fourth-order valence-corrected chi connectivity index (χ4v) is 4.80. The van der Waals surface area contributed by atoms with E-state index in [0.29, 0.717) is 19.4 Å². The van der Waals surface area contributed by atoms with Gasteiger partial charge in [0.2, 0.25) is 0 Å². The Kier molecular flexibility index (Phi) is 6.43. The van der Waals surface area contributed by atoms with Crippen molar-refractivity contribution in [3.05, 3.63) is 66.0 Å². The maximum Gasteiger partial charge on any atom is 0.325 e. The van der Waals surface area contributed by atoms with Crippen LogP contribution in [0.15, 0.2) is 54.7 Å². The summed E-state index contributed by atoms with van der Waals surface area (Å²) in [6.45, 7) is 2.15. The molecule has 2 fully saturated rings. The summed E-state index contributed by atoms with van der Waals surface area (Å²) in [5.41, 5.74) is 1.38. The number of imide groups is 1. The molecule has 4 rings (SSSR count).